The number of aliphatic imine (C=N–C) groups is 1. The summed E-state index contributed by atoms with van der Waals surface area (Å²) in [6.45, 7) is 8.36. The Labute approximate surface area is 127 Å². The van der Waals surface area contributed by atoms with Crippen LogP contribution < -0.4 is 5.32 Å². The van der Waals surface area contributed by atoms with E-state index in [1.165, 1.54) is 34.9 Å². The number of nitrogens with one attached hydrogen (secondary N) is 1. The molecule has 0 bridgehead atoms. The number of hydrogen-bond acceptors (Lipinski definition) is 2. The molecule has 0 heterocycles. The molecule has 0 saturated heterocycles. The van der Waals surface area contributed by atoms with Gasteiger partial charge in [0.1, 0.15) is 5.66 Å². The average Bonchev–Trinajstić information content (AvgIpc) is 2.47. The standard InChI is InChI=1S/C19H24N2/c1-14-7-6-12-19(13-14,20-3)21-17-11-5-10-16-9-4-8-15(2)18(16)17/h4-5,8-11,14,21H,3,6-7,12-13H2,1-2H3. The molecule has 3 rings (SSSR count). The van der Waals surface area contributed by atoms with E-state index in [-0.39, 0.29) is 5.66 Å². The molecule has 0 aliphatic heterocycles. The SMILES string of the molecule is C=NC1(Nc2cccc3cccc(C)c23)CCCC(C)C1. The normalized spacial score (nSPS) is 25.7. The van der Waals surface area contributed by atoms with Gasteiger partial charge in [-0.25, -0.2) is 0 Å². The fourth-order valence-corrected chi connectivity index (χ4v) is 3.70. The summed E-state index contributed by atoms with van der Waals surface area (Å²) in [5.74, 6) is 0.702. The van der Waals surface area contributed by atoms with Crippen LogP contribution in [0.3, 0.4) is 0 Å². The third-order valence-electron chi connectivity index (χ3n) is 4.76. The van der Waals surface area contributed by atoms with Gasteiger partial charge in [0.2, 0.25) is 0 Å². The first kappa shape index (κ1) is 14.1. The van der Waals surface area contributed by atoms with Gasteiger partial charge >= 0.3 is 0 Å². The highest BCUT2D eigenvalue weighted by Gasteiger charge is 2.33. The van der Waals surface area contributed by atoms with Crippen molar-refractivity contribution in [2.24, 2.45) is 10.9 Å². The highest BCUT2D eigenvalue weighted by Crippen LogP contribution is 2.38. The predicted molar refractivity (Wildman–Crippen MR) is 92.2 cm³/mol. The second-order valence-electron chi connectivity index (χ2n) is 6.49. The van der Waals surface area contributed by atoms with Crippen molar-refractivity contribution in [2.45, 2.75) is 45.2 Å². The maximum absolute atomic E-state index is 4.50. The summed E-state index contributed by atoms with van der Waals surface area (Å²) in [5, 5.41) is 6.32. The van der Waals surface area contributed by atoms with E-state index in [2.05, 4.69) is 67.3 Å². The van der Waals surface area contributed by atoms with E-state index >= 15 is 0 Å². The lowest BCUT2D eigenvalue weighted by atomic mass is 9.82. The van der Waals surface area contributed by atoms with Crippen LogP contribution in [-0.4, -0.2) is 12.4 Å². The van der Waals surface area contributed by atoms with Crippen LogP contribution in [-0.2, 0) is 0 Å². The van der Waals surface area contributed by atoms with E-state index < -0.39 is 0 Å². The molecule has 2 aromatic carbocycles. The first-order chi connectivity index (χ1) is 10.1. The zero-order valence-corrected chi connectivity index (χ0v) is 13.0. The fourth-order valence-electron chi connectivity index (χ4n) is 3.70. The highest BCUT2D eigenvalue weighted by molar-refractivity contribution is 5.96. The Bertz CT molecular complexity index is 656. The van der Waals surface area contributed by atoms with Crippen LogP contribution in [0.4, 0.5) is 5.69 Å². The van der Waals surface area contributed by atoms with Gasteiger partial charge in [0.15, 0.2) is 0 Å². The van der Waals surface area contributed by atoms with E-state index in [4.69, 9.17) is 0 Å². The van der Waals surface area contributed by atoms with Crippen LogP contribution in [0, 0.1) is 12.8 Å². The fraction of sp³-hybridized carbons (Fsp3) is 0.421. The Morgan fingerprint density at radius 2 is 2.00 bits per heavy atom. The van der Waals surface area contributed by atoms with Gasteiger partial charge in [-0.05, 0) is 55.8 Å². The lowest BCUT2D eigenvalue weighted by Crippen LogP contribution is -2.40. The smallest absolute Gasteiger partial charge is 0.129 e. The molecule has 1 aliphatic carbocycles. The third kappa shape index (κ3) is 2.67. The molecular weight excluding hydrogens is 256 g/mol. The monoisotopic (exact) mass is 280 g/mol. The minimum atomic E-state index is -0.200. The molecule has 110 valence electrons. The van der Waals surface area contributed by atoms with Crippen molar-refractivity contribution in [2.75, 3.05) is 5.32 Å². The van der Waals surface area contributed by atoms with Crippen molar-refractivity contribution in [3.05, 3.63) is 42.0 Å². The second kappa shape index (κ2) is 5.51. The Balaban J connectivity index is 2.03. The van der Waals surface area contributed by atoms with Crippen molar-refractivity contribution in [1.82, 2.24) is 0 Å². The van der Waals surface area contributed by atoms with Gasteiger partial charge in [0.05, 0.1) is 0 Å². The van der Waals surface area contributed by atoms with Crippen molar-refractivity contribution in [3.63, 3.8) is 0 Å². The summed E-state index contributed by atoms with van der Waals surface area (Å²) in [6, 6.07) is 12.9. The lowest BCUT2D eigenvalue weighted by Gasteiger charge is -2.38. The Hall–Kier alpha value is -1.83. The molecule has 2 aromatic rings. The number of hydrogen-bond donors (Lipinski definition) is 1. The van der Waals surface area contributed by atoms with Crippen molar-refractivity contribution < 1.29 is 0 Å². The molecule has 2 unspecified atom stereocenters. The molecule has 2 atom stereocenters. The number of benzene rings is 2. The molecular formula is C19H24N2. The van der Waals surface area contributed by atoms with E-state index in [9.17, 15) is 0 Å². The molecule has 1 aliphatic rings. The average molecular weight is 280 g/mol. The van der Waals surface area contributed by atoms with E-state index in [0.29, 0.717) is 5.92 Å². The summed E-state index contributed by atoms with van der Waals surface area (Å²) < 4.78 is 0. The number of nitrogens with zero attached hydrogens (tertiary/aromatic N) is 1. The summed E-state index contributed by atoms with van der Waals surface area (Å²) in [6.07, 6.45) is 4.66. The minimum absolute atomic E-state index is 0.200. The van der Waals surface area contributed by atoms with Gasteiger partial charge in [0, 0.05) is 11.1 Å². The van der Waals surface area contributed by atoms with E-state index in [1.54, 1.807) is 0 Å². The molecule has 0 spiro atoms. The summed E-state index contributed by atoms with van der Waals surface area (Å²) >= 11 is 0. The van der Waals surface area contributed by atoms with E-state index in [1.807, 2.05) is 0 Å². The topological polar surface area (TPSA) is 24.4 Å². The second-order valence-corrected chi connectivity index (χ2v) is 6.49. The van der Waals surface area contributed by atoms with Crippen LogP contribution in [0.1, 0.15) is 38.2 Å². The summed E-state index contributed by atoms with van der Waals surface area (Å²) in [7, 11) is 0. The molecule has 2 heteroatoms. The van der Waals surface area contributed by atoms with Gasteiger partial charge in [-0.15, -0.1) is 0 Å². The van der Waals surface area contributed by atoms with Crippen LogP contribution in [0.2, 0.25) is 0 Å². The van der Waals surface area contributed by atoms with Gasteiger partial charge < -0.3 is 5.32 Å². The first-order valence-corrected chi connectivity index (χ1v) is 7.88. The molecule has 1 saturated carbocycles. The quantitative estimate of drug-likeness (QED) is 0.771. The number of anilines is 1. The van der Waals surface area contributed by atoms with Gasteiger partial charge in [-0.1, -0.05) is 43.7 Å². The molecule has 0 aromatic heterocycles. The first-order valence-electron chi connectivity index (χ1n) is 7.88. The van der Waals surface area contributed by atoms with E-state index in [0.717, 1.165) is 12.8 Å². The third-order valence-corrected chi connectivity index (χ3v) is 4.76. The van der Waals surface area contributed by atoms with Gasteiger partial charge in [0.25, 0.3) is 0 Å². The molecule has 1 fully saturated rings. The van der Waals surface area contributed by atoms with Crippen LogP contribution >= 0.6 is 0 Å². The zero-order valence-electron chi connectivity index (χ0n) is 13.0. The van der Waals surface area contributed by atoms with Crippen molar-refractivity contribution >= 4 is 23.2 Å². The zero-order chi connectivity index (χ0) is 14.9. The predicted octanol–water partition coefficient (Wildman–Crippen LogP) is 5.17. The molecule has 21 heavy (non-hydrogen) atoms. The molecule has 0 radical (unpaired) electrons. The number of fused-ring (bicyclic) bond motifs is 1. The summed E-state index contributed by atoms with van der Waals surface area (Å²) in [4.78, 5) is 4.50. The number of aryl methyl sites for hydroxylation is 1. The van der Waals surface area contributed by atoms with Crippen LogP contribution in [0.5, 0.6) is 0 Å². The largest absolute Gasteiger partial charge is 0.361 e. The maximum Gasteiger partial charge on any atom is 0.129 e. The Morgan fingerprint density at radius 1 is 1.24 bits per heavy atom. The highest BCUT2D eigenvalue weighted by atomic mass is 15.1. The molecule has 0 amide bonds. The Kier molecular flexibility index (Phi) is 3.71. The lowest BCUT2D eigenvalue weighted by molar-refractivity contribution is 0.268. The molecule has 1 N–H and O–H groups in total. The van der Waals surface area contributed by atoms with Gasteiger partial charge in [-0.2, -0.15) is 0 Å². The maximum atomic E-state index is 4.50. The summed E-state index contributed by atoms with van der Waals surface area (Å²) in [5.41, 5.74) is 2.29. The minimum Gasteiger partial charge on any atom is -0.361 e. The number of rotatable bonds is 3. The van der Waals surface area contributed by atoms with Crippen molar-refractivity contribution in [1.29, 1.82) is 0 Å². The Morgan fingerprint density at radius 3 is 2.71 bits per heavy atom. The van der Waals surface area contributed by atoms with Gasteiger partial charge in [-0.3, -0.25) is 4.99 Å². The van der Waals surface area contributed by atoms with Crippen molar-refractivity contribution in [3.8, 4) is 0 Å². The molecule has 2 nitrogen and oxygen atoms in total. The van der Waals surface area contributed by atoms with Crippen LogP contribution in [0.15, 0.2) is 41.4 Å². The van der Waals surface area contributed by atoms with Crippen LogP contribution in [0.25, 0.3) is 10.8 Å².